The van der Waals surface area contributed by atoms with Crippen LogP contribution in [0, 0.1) is 5.82 Å². The van der Waals surface area contributed by atoms with Crippen LogP contribution in [0.1, 0.15) is 22.8 Å². The second-order valence-corrected chi connectivity index (χ2v) is 4.30. The molecule has 0 aliphatic carbocycles. The van der Waals surface area contributed by atoms with Gasteiger partial charge in [-0.25, -0.2) is 4.39 Å². The van der Waals surface area contributed by atoms with Gasteiger partial charge in [0, 0.05) is 11.1 Å². The van der Waals surface area contributed by atoms with Crippen molar-refractivity contribution >= 4 is 5.78 Å². The maximum absolute atomic E-state index is 13.5. The fourth-order valence-electron chi connectivity index (χ4n) is 1.78. The molecule has 3 nitrogen and oxygen atoms in total. The van der Waals surface area contributed by atoms with Crippen molar-refractivity contribution in [3.05, 3.63) is 59.4 Å². The first-order chi connectivity index (χ1) is 9.61. The lowest BCUT2D eigenvalue weighted by Gasteiger charge is -2.12. The summed E-state index contributed by atoms with van der Waals surface area (Å²) in [5, 5.41) is 0. The van der Waals surface area contributed by atoms with Gasteiger partial charge in [-0.15, -0.1) is 0 Å². The average molecular weight is 274 g/mol. The molecule has 0 saturated heterocycles. The van der Waals surface area contributed by atoms with E-state index in [2.05, 4.69) is 0 Å². The molecule has 0 aromatic heterocycles. The van der Waals surface area contributed by atoms with Crippen molar-refractivity contribution in [3.63, 3.8) is 0 Å². The van der Waals surface area contributed by atoms with Gasteiger partial charge < -0.3 is 9.47 Å². The summed E-state index contributed by atoms with van der Waals surface area (Å²) < 4.78 is 24.2. The van der Waals surface area contributed by atoms with Gasteiger partial charge in [-0.05, 0) is 31.2 Å². The molecule has 2 rings (SSSR count). The summed E-state index contributed by atoms with van der Waals surface area (Å²) in [6.45, 7) is 1.58. The number of ether oxygens (including phenoxy) is 2. The van der Waals surface area contributed by atoms with Gasteiger partial charge in [0.05, 0.1) is 7.11 Å². The summed E-state index contributed by atoms with van der Waals surface area (Å²) in [5.74, 6) is 0.561. The third kappa shape index (κ3) is 3.15. The number of hydrogen-bond donors (Lipinski definition) is 0. The van der Waals surface area contributed by atoms with Gasteiger partial charge in [-0.3, -0.25) is 4.79 Å². The van der Waals surface area contributed by atoms with E-state index in [9.17, 15) is 9.18 Å². The Balaban J connectivity index is 2.17. The van der Waals surface area contributed by atoms with Gasteiger partial charge in [0.25, 0.3) is 0 Å². The molecule has 20 heavy (non-hydrogen) atoms. The zero-order valence-corrected chi connectivity index (χ0v) is 11.4. The molecule has 2 aromatic rings. The molecule has 4 heteroatoms. The fourth-order valence-corrected chi connectivity index (χ4v) is 1.78. The fraction of sp³-hybridized carbons (Fsp3) is 0.188. The molecule has 0 bridgehead atoms. The van der Waals surface area contributed by atoms with Gasteiger partial charge in [-0.1, -0.05) is 18.2 Å². The van der Waals surface area contributed by atoms with E-state index in [1.54, 1.807) is 36.4 Å². The zero-order valence-electron chi connectivity index (χ0n) is 11.4. The van der Waals surface area contributed by atoms with Gasteiger partial charge >= 0.3 is 0 Å². The highest BCUT2D eigenvalue weighted by atomic mass is 19.1. The van der Waals surface area contributed by atoms with E-state index in [1.807, 2.05) is 0 Å². The Bertz CT molecular complexity index is 623. The highest BCUT2D eigenvalue weighted by Gasteiger charge is 2.09. The van der Waals surface area contributed by atoms with E-state index < -0.39 is 0 Å². The van der Waals surface area contributed by atoms with E-state index in [4.69, 9.17) is 9.47 Å². The van der Waals surface area contributed by atoms with Crippen LogP contribution in [0.5, 0.6) is 11.5 Å². The van der Waals surface area contributed by atoms with E-state index in [0.29, 0.717) is 22.6 Å². The third-order valence-electron chi connectivity index (χ3n) is 2.91. The van der Waals surface area contributed by atoms with Crippen LogP contribution in [0.2, 0.25) is 0 Å². The number of ketones is 1. The van der Waals surface area contributed by atoms with Gasteiger partial charge in [0.1, 0.15) is 12.4 Å². The quantitative estimate of drug-likeness (QED) is 0.781. The lowest BCUT2D eigenvalue weighted by Crippen LogP contribution is -2.01. The average Bonchev–Trinajstić information content (AvgIpc) is 2.46. The second kappa shape index (κ2) is 6.19. The van der Waals surface area contributed by atoms with Gasteiger partial charge in [0.2, 0.25) is 0 Å². The largest absolute Gasteiger partial charge is 0.493 e. The summed E-state index contributed by atoms with van der Waals surface area (Å²) in [4.78, 5) is 11.3. The maximum atomic E-state index is 13.5. The third-order valence-corrected chi connectivity index (χ3v) is 2.91. The summed E-state index contributed by atoms with van der Waals surface area (Å²) in [5.41, 5.74) is 1.00. The number of benzene rings is 2. The van der Waals surface area contributed by atoms with Crippen molar-refractivity contribution in [2.75, 3.05) is 7.11 Å². The van der Waals surface area contributed by atoms with Crippen molar-refractivity contribution in [2.45, 2.75) is 13.5 Å². The van der Waals surface area contributed by atoms with Crippen LogP contribution in [-0.4, -0.2) is 12.9 Å². The van der Waals surface area contributed by atoms with Crippen molar-refractivity contribution in [1.82, 2.24) is 0 Å². The lowest BCUT2D eigenvalue weighted by atomic mass is 10.1. The number of carbonyl (C=O) groups excluding carboxylic acids is 1. The number of hydrogen-bond acceptors (Lipinski definition) is 3. The Morgan fingerprint density at radius 2 is 1.90 bits per heavy atom. The number of Topliss-reactive ketones (excluding diaryl/α,β-unsaturated/α-hetero) is 1. The minimum absolute atomic E-state index is 0.0519. The smallest absolute Gasteiger partial charge is 0.161 e. The summed E-state index contributed by atoms with van der Waals surface area (Å²) >= 11 is 0. The first kappa shape index (κ1) is 14.1. The number of carbonyl (C=O) groups is 1. The molecule has 0 aliphatic heterocycles. The van der Waals surface area contributed by atoms with Crippen LogP contribution in [0.25, 0.3) is 0 Å². The normalized spacial score (nSPS) is 10.2. The Hall–Kier alpha value is -2.36. The summed E-state index contributed by atoms with van der Waals surface area (Å²) in [6.07, 6.45) is 0. The molecule has 0 fully saturated rings. The molecule has 0 heterocycles. The van der Waals surface area contributed by atoms with Crippen molar-refractivity contribution in [2.24, 2.45) is 0 Å². The lowest BCUT2D eigenvalue weighted by molar-refractivity contribution is 0.101. The molecule has 0 amide bonds. The number of halogens is 1. The molecule has 0 atom stereocenters. The monoisotopic (exact) mass is 274 g/mol. The minimum Gasteiger partial charge on any atom is -0.493 e. The molecule has 0 saturated carbocycles. The van der Waals surface area contributed by atoms with Gasteiger partial charge in [-0.2, -0.15) is 0 Å². The van der Waals surface area contributed by atoms with Crippen molar-refractivity contribution in [3.8, 4) is 11.5 Å². The van der Waals surface area contributed by atoms with Crippen LogP contribution in [0.15, 0.2) is 42.5 Å². The van der Waals surface area contributed by atoms with Crippen LogP contribution < -0.4 is 9.47 Å². The first-order valence-corrected chi connectivity index (χ1v) is 6.17. The molecule has 0 N–H and O–H groups in total. The molecular weight excluding hydrogens is 259 g/mol. The first-order valence-electron chi connectivity index (χ1n) is 6.17. The highest BCUT2D eigenvalue weighted by Crippen LogP contribution is 2.29. The maximum Gasteiger partial charge on any atom is 0.161 e. The van der Waals surface area contributed by atoms with Crippen molar-refractivity contribution < 1.29 is 18.7 Å². The molecule has 104 valence electrons. The van der Waals surface area contributed by atoms with Crippen LogP contribution in [0.4, 0.5) is 4.39 Å². The molecule has 0 radical (unpaired) electrons. The molecule has 0 aliphatic rings. The molecule has 0 unspecified atom stereocenters. The van der Waals surface area contributed by atoms with Crippen molar-refractivity contribution in [1.29, 1.82) is 0 Å². The van der Waals surface area contributed by atoms with E-state index in [0.717, 1.165) is 0 Å². The summed E-state index contributed by atoms with van der Waals surface area (Å²) in [7, 11) is 1.50. The standard InChI is InChI=1S/C16H15FO3/c1-11(18)12-7-8-15(16(9-12)19-2)20-10-13-5-3-4-6-14(13)17/h3-9H,10H2,1-2H3. The summed E-state index contributed by atoms with van der Waals surface area (Å²) in [6, 6.07) is 11.3. The zero-order chi connectivity index (χ0) is 14.5. The Labute approximate surface area is 117 Å². The highest BCUT2D eigenvalue weighted by molar-refractivity contribution is 5.94. The van der Waals surface area contributed by atoms with Crippen LogP contribution in [-0.2, 0) is 6.61 Å². The van der Waals surface area contributed by atoms with Crippen LogP contribution >= 0.6 is 0 Å². The van der Waals surface area contributed by atoms with E-state index in [1.165, 1.54) is 20.1 Å². The molecular formula is C16H15FO3. The Morgan fingerprint density at radius 3 is 2.55 bits per heavy atom. The SMILES string of the molecule is COc1cc(C(C)=O)ccc1OCc1ccccc1F. The molecule has 0 spiro atoms. The predicted molar refractivity (Wildman–Crippen MR) is 73.7 cm³/mol. The van der Waals surface area contributed by atoms with Gasteiger partial charge in [0.15, 0.2) is 17.3 Å². The number of methoxy groups -OCH3 is 1. The Morgan fingerprint density at radius 1 is 1.15 bits per heavy atom. The predicted octanol–water partition coefficient (Wildman–Crippen LogP) is 3.62. The minimum atomic E-state index is -0.313. The van der Waals surface area contributed by atoms with Crippen LogP contribution in [0.3, 0.4) is 0 Å². The Kier molecular flexibility index (Phi) is 4.35. The second-order valence-electron chi connectivity index (χ2n) is 4.30. The topological polar surface area (TPSA) is 35.5 Å². The molecule has 2 aromatic carbocycles. The number of rotatable bonds is 5. The van der Waals surface area contributed by atoms with E-state index in [-0.39, 0.29) is 18.2 Å². The van der Waals surface area contributed by atoms with E-state index >= 15 is 0 Å².